The van der Waals surface area contributed by atoms with Crippen LogP contribution >= 0.6 is 0 Å². The second kappa shape index (κ2) is 4.78. The molecule has 0 amide bonds. The maximum Gasteiger partial charge on any atom is 0.222 e. The zero-order chi connectivity index (χ0) is 12.3. The zero-order valence-electron chi connectivity index (χ0n) is 9.57. The van der Waals surface area contributed by atoms with Crippen LogP contribution in [0.15, 0.2) is 30.5 Å². The summed E-state index contributed by atoms with van der Waals surface area (Å²) >= 11 is 0. The number of aromatic nitrogens is 2. The Hall–Kier alpha value is -2.17. The summed E-state index contributed by atoms with van der Waals surface area (Å²) in [7, 11) is 3.26. The Kier molecular flexibility index (Phi) is 3.18. The Morgan fingerprint density at radius 1 is 1.29 bits per heavy atom. The molecule has 0 atom stereocenters. The Labute approximate surface area is 98.5 Å². The van der Waals surface area contributed by atoms with Crippen molar-refractivity contribution in [2.75, 3.05) is 19.5 Å². The molecule has 0 saturated carbocycles. The molecule has 0 saturated heterocycles. The number of hydrogen-bond acceptors (Lipinski definition) is 4. The van der Waals surface area contributed by atoms with Gasteiger partial charge in [-0.05, 0) is 24.3 Å². The fourth-order valence-electron chi connectivity index (χ4n) is 1.51. The third kappa shape index (κ3) is 2.33. The number of halogens is 1. The first-order valence-electron chi connectivity index (χ1n) is 5.09. The summed E-state index contributed by atoms with van der Waals surface area (Å²) in [5.74, 6) is 0.728. The van der Waals surface area contributed by atoms with Gasteiger partial charge in [0.25, 0.3) is 0 Å². The predicted molar refractivity (Wildman–Crippen MR) is 63.5 cm³/mol. The highest BCUT2D eigenvalue weighted by Crippen LogP contribution is 2.29. The first-order valence-corrected chi connectivity index (χ1v) is 5.09. The van der Waals surface area contributed by atoms with E-state index < -0.39 is 0 Å². The molecule has 4 nitrogen and oxygen atoms in total. The third-order valence-corrected chi connectivity index (χ3v) is 2.32. The number of rotatable bonds is 3. The Morgan fingerprint density at radius 2 is 2.12 bits per heavy atom. The van der Waals surface area contributed by atoms with E-state index in [0.29, 0.717) is 23.0 Å². The molecule has 2 aromatic rings. The molecule has 0 fully saturated rings. The summed E-state index contributed by atoms with van der Waals surface area (Å²) in [6, 6.07) is 6.02. The number of ether oxygens (including phenoxy) is 1. The molecule has 1 N–H and O–H groups in total. The molecule has 0 radical (unpaired) electrons. The molecule has 1 heterocycles. The van der Waals surface area contributed by atoms with Gasteiger partial charge < -0.3 is 10.1 Å². The van der Waals surface area contributed by atoms with E-state index in [9.17, 15) is 4.39 Å². The number of benzene rings is 1. The molecule has 0 aliphatic rings. The van der Waals surface area contributed by atoms with E-state index in [1.807, 2.05) is 0 Å². The molecule has 0 unspecified atom stereocenters. The van der Waals surface area contributed by atoms with Gasteiger partial charge in [0, 0.05) is 18.8 Å². The minimum atomic E-state index is -0.328. The topological polar surface area (TPSA) is 47.0 Å². The molecule has 0 aliphatic heterocycles. The van der Waals surface area contributed by atoms with E-state index in [1.165, 1.54) is 19.2 Å². The minimum Gasteiger partial charge on any atom is -0.496 e. The van der Waals surface area contributed by atoms with Gasteiger partial charge >= 0.3 is 0 Å². The fourth-order valence-corrected chi connectivity index (χ4v) is 1.51. The molecule has 0 aliphatic carbocycles. The van der Waals surface area contributed by atoms with Crippen molar-refractivity contribution in [3.05, 3.63) is 36.3 Å². The van der Waals surface area contributed by atoms with Crippen molar-refractivity contribution in [1.29, 1.82) is 0 Å². The molecular formula is C12H12FN3O. The number of anilines is 1. The van der Waals surface area contributed by atoms with Gasteiger partial charge in [-0.25, -0.2) is 14.4 Å². The fraction of sp³-hybridized carbons (Fsp3) is 0.167. The lowest BCUT2D eigenvalue weighted by Gasteiger charge is -2.08. The molecule has 2 rings (SSSR count). The average molecular weight is 233 g/mol. The standard InChI is InChI=1S/C12H12FN3O/c1-14-12-15-6-5-10(16-12)9-7-8(13)3-4-11(9)17-2/h3-7H,1-2H3,(H,14,15,16). The highest BCUT2D eigenvalue weighted by atomic mass is 19.1. The number of nitrogens with one attached hydrogen (secondary N) is 1. The summed E-state index contributed by atoms with van der Waals surface area (Å²) < 4.78 is 18.4. The van der Waals surface area contributed by atoms with Gasteiger partial charge in [0.1, 0.15) is 11.6 Å². The molecule has 0 spiro atoms. The number of hydrogen-bond donors (Lipinski definition) is 1. The van der Waals surface area contributed by atoms with Crippen molar-refractivity contribution in [1.82, 2.24) is 9.97 Å². The first kappa shape index (κ1) is 11.3. The molecule has 1 aromatic carbocycles. The van der Waals surface area contributed by atoms with Crippen LogP contribution in [0.1, 0.15) is 0 Å². The van der Waals surface area contributed by atoms with Gasteiger partial charge in [-0.3, -0.25) is 0 Å². The summed E-state index contributed by atoms with van der Waals surface area (Å²) in [5.41, 5.74) is 1.21. The normalized spacial score (nSPS) is 10.1. The maximum absolute atomic E-state index is 13.2. The van der Waals surface area contributed by atoms with Gasteiger partial charge in [-0.1, -0.05) is 0 Å². The highest BCUT2D eigenvalue weighted by molar-refractivity contribution is 5.67. The van der Waals surface area contributed by atoms with Gasteiger partial charge in [-0.2, -0.15) is 0 Å². The van der Waals surface area contributed by atoms with Gasteiger partial charge in [-0.15, -0.1) is 0 Å². The predicted octanol–water partition coefficient (Wildman–Crippen LogP) is 2.33. The van der Waals surface area contributed by atoms with Crippen LogP contribution in [-0.4, -0.2) is 24.1 Å². The van der Waals surface area contributed by atoms with Crippen molar-refractivity contribution in [2.45, 2.75) is 0 Å². The van der Waals surface area contributed by atoms with Crippen LogP contribution in [0.4, 0.5) is 10.3 Å². The van der Waals surface area contributed by atoms with E-state index in [1.54, 1.807) is 25.4 Å². The molecule has 88 valence electrons. The third-order valence-electron chi connectivity index (χ3n) is 2.32. The van der Waals surface area contributed by atoms with E-state index in [2.05, 4.69) is 15.3 Å². The molecule has 17 heavy (non-hydrogen) atoms. The smallest absolute Gasteiger partial charge is 0.222 e. The summed E-state index contributed by atoms with van der Waals surface area (Å²) in [6.45, 7) is 0. The average Bonchev–Trinajstić information content (AvgIpc) is 2.39. The van der Waals surface area contributed by atoms with Crippen LogP contribution in [0.5, 0.6) is 5.75 Å². The lowest BCUT2D eigenvalue weighted by molar-refractivity contribution is 0.415. The summed E-state index contributed by atoms with van der Waals surface area (Å²) in [5, 5.41) is 2.83. The number of nitrogens with zero attached hydrogens (tertiary/aromatic N) is 2. The van der Waals surface area contributed by atoms with Gasteiger partial charge in [0.2, 0.25) is 5.95 Å². The van der Waals surface area contributed by atoms with Crippen molar-refractivity contribution in [3.8, 4) is 17.0 Å². The Bertz CT molecular complexity index is 531. The first-order chi connectivity index (χ1) is 8.24. The SMILES string of the molecule is CNc1nccc(-c2cc(F)ccc2OC)n1. The summed E-state index contributed by atoms with van der Waals surface area (Å²) in [6.07, 6.45) is 1.61. The van der Waals surface area contributed by atoms with E-state index in [-0.39, 0.29) is 5.82 Å². The van der Waals surface area contributed by atoms with Crippen LogP contribution in [0.2, 0.25) is 0 Å². The largest absolute Gasteiger partial charge is 0.496 e. The second-order valence-electron chi connectivity index (χ2n) is 3.36. The minimum absolute atomic E-state index is 0.328. The van der Waals surface area contributed by atoms with E-state index in [4.69, 9.17) is 4.74 Å². The van der Waals surface area contributed by atoms with Crippen molar-refractivity contribution in [3.63, 3.8) is 0 Å². The highest BCUT2D eigenvalue weighted by Gasteiger charge is 2.09. The second-order valence-corrected chi connectivity index (χ2v) is 3.36. The number of methoxy groups -OCH3 is 1. The Balaban J connectivity index is 2.54. The molecule has 0 bridgehead atoms. The van der Waals surface area contributed by atoms with Crippen LogP contribution in [0.25, 0.3) is 11.3 Å². The summed E-state index contributed by atoms with van der Waals surface area (Å²) in [4.78, 5) is 8.25. The van der Waals surface area contributed by atoms with Crippen molar-refractivity contribution >= 4 is 5.95 Å². The van der Waals surface area contributed by atoms with Crippen molar-refractivity contribution < 1.29 is 9.13 Å². The van der Waals surface area contributed by atoms with Crippen LogP contribution in [0.3, 0.4) is 0 Å². The van der Waals surface area contributed by atoms with Gasteiger partial charge in [0.15, 0.2) is 0 Å². The van der Waals surface area contributed by atoms with Crippen molar-refractivity contribution in [2.24, 2.45) is 0 Å². The van der Waals surface area contributed by atoms with Crippen LogP contribution < -0.4 is 10.1 Å². The van der Waals surface area contributed by atoms with E-state index in [0.717, 1.165) is 0 Å². The molecule has 1 aromatic heterocycles. The molecular weight excluding hydrogens is 221 g/mol. The van der Waals surface area contributed by atoms with E-state index >= 15 is 0 Å². The quantitative estimate of drug-likeness (QED) is 0.883. The zero-order valence-corrected chi connectivity index (χ0v) is 9.57. The Morgan fingerprint density at radius 3 is 2.82 bits per heavy atom. The molecule has 5 heteroatoms. The maximum atomic E-state index is 13.2. The van der Waals surface area contributed by atoms with Gasteiger partial charge in [0.05, 0.1) is 12.8 Å². The lowest BCUT2D eigenvalue weighted by Crippen LogP contribution is -1.98. The van der Waals surface area contributed by atoms with Crippen LogP contribution in [-0.2, 0) is 0 Å². The lowest BCUT2D eigenvalue weighted by atomic mass is 10.1. The monoisotopic (exact) mass is 233 g/mol. The van der Waals surface area contributed by atoms with Crippen LogP contribution in [0, 0.1) is 5.82 Å².